The van der Waals surface area contributed by atoms with Crippen LogP contribution in [0.15, 0.2) is 60.7 Å². The molecule has 0 aliphatic carbocycles. The van der Waals surface area contributed by atoms with Crippen LogP contribution in [0.5, 0.6) is 0 Å². The van der Waals surface area contributed by atoms with Crippen molar-refractivity contribution >= 4 is 5.91 Å². The number of rotatable bonds is 6. The Kier molecular flexibility index (Phi) is 5.33. The molecule has 104 valence electrons. The number of hydrogen-bond donors (Lipinski definition) is 2. The third-order valence-electron chi connectivity index (χ3n) is 3.33. The van der Waals surface area contributed by atoms with Crippen LogP contribution in [0.4, 0.5) is 0 Å². The summed E-state index contributed by atoms with van der Waals surface area (Å²) in [5, 5.41) is 8.72. The van der Waals surface area contributed by atoms with E-state index in [4.69, 9.17) is 5.21 Å². The molecule has 0 aliphatic rings. The molecule has 0 fully saturated rings. The van der Waals surface area contributed by atoms with Gasteiger partial charge in [0.2, 0.25) is 5.91 Å². The van der Waals surface area contributed by atoms with Crippen LogP contribution in [0, 0.1) is 5.92 Å². The van der Waals surface area contributed by atoms with E-state index in [9.17, 15) is 4.79 Å². The van der Waals surface area contributed by atoms with Crippen molar-refractivity contribution in [2.45, 2.75) is 19.3 Å². The topological polar surface area (TPSA) is 49.3 Å². The number of hydroxylamine groups is 1. The molecule has 0 atom stereocenters. The zero-order valence-corrected chi connectivity index (χ0v) is 11.3. The molecule has 2 N–H and O–H groups in total. The third kappa shape index (κ3) is 4.52. The van der Waals surface area contributed by atoms with Crippen LogP contribution in [0.2, 0.25) is 0 Å². The van der Waals surface area contributed by atoms with Crippen molar-refractivity contribution in [3.63, 3.8) is 0 Å². The summed E-state index contributed by atoms with van der Waals surface area (Å²) in [6, 6.07) is 20.2. The van der Waals surface area contributed by atoms with Crippen LogP contribution in [0.25, 0.3) is 0 Å². The molecule has 0 saturated heterocycles. The quantitative estimate of drug-likeness (QED) is 0.625. The lowest BCUT2D eigenvalue weighted by Crippen LogP contribution is -2.24. The normalized spacial score (nSPS) is 10.5. The predicted octanol–water partition coefficient (Wildman–Crippen LogP) is 2.98. The first-order valence-electron chi connectivity index (χ1n) is 6.78. The van der Waals surface area contributed by atoms with Crippen molar-refractivity contribution < 1.29 is 10.0 Å². The number of amides is 1. The fourth-order valence-electron chi connectivity index (χ4n) is 2.42. The molecule has 0 aliphatic heterocycles. The second kappa shape index (κ2) is 7.46. The summed E-state index contributed by atoms with van der Waals surface area (Å²) >= 11 is 0. The van der Waals surface area contributed by atoms with Gasteiger partial charge in [0.15, 0.2) is 0 Å². The van der Waals surface area contributed by atoms with Crippen molar-refractivity contribution in [2.24, 2.45) is 5.92 Å². The molecule has 0 aromatic heterocycles. The van der Waals surface area contributed by atoms with Gasteiger partial charge in [0.1, 0.15) is 0 Å². The van der Waals surface area contributed by atoms with Crippen molar-refractivity contribution in [2.75, 3.05) is 0 Å². The molecule has 0 bridgehead atoms. The fraction of sp³-hybridized carbons (Fsp3) is 0.235. The number of benzene rings is 2. The average Bonchev–Trinajstić information content (AvgIpc) is 2.49. The zero-order chi connectivity index (χ0) is 14.2. The Morgan fingerprint density at radius 3 is 1.75 bits per heavy atom. The Morgan fingerprint density at radius 2 is 1.35 bits per heavy atom. The molecule has 0 saturated carbocycles. The zero-order valence-electron chi connectivity index (χ0n) is 11.3. The minimum absolute atomic E-state index is 0.173. The van der Waals surface area contributed by atoms with Gasteiger partial charge in [0.25, 0.3) is 0 Å². The maximum atomic E-state index is 11.4. The molecular weight excluding hydrogens is 250 g/mol. The maximum absolute atomic E-state index is 11.4. The van der Waals surface area contributed by atoms with E-state index >= 15 is 0 Å². The van der Waals surface area contributed by atoms with Crippen LogP contribution in [-0.2, 0) is 17.6 Å². The molecule has 2 aromatic carbocycles. The SMILES string of the molecule is O=C(CC(Cc1ccccc1)Cc1ccccc1)NO. The first kappa shape index (κ1) is 14.3. The summed E-state index contributed by atoms with van der Waals surface area (Å²) in [5.41, 5.74) is 4.14. The standard InChI is InChI=1S/C17H19NO2/c19-17(18-20)13-16(11-14-7-3-1-4-8-14)12-15-9-5-2-6-10-15/h1-10,16,20H,11-13H2,(H,18,19). The van der Waals surface area contributed by atoms with Crippen molar-refractivity contribution in [3.8, 4) is 0 Å². The van der Waals surface area contributed by atoms with Gasteiger partial charge in [-0.3, -0.25) is 10.0 Å². The molecular formula is C17H19NO2. The minimum atomic E-state index is -0.332. The first-order chi connectivity index (χ1) is 9.78. The van der Waals surface area contributed by atoms with Gasteiger partial charge >= 0.3 is 0 Å². The van der Waals surface area contributed by atoms with Crippen molar-refractivity contribution in [1.29, 1.82) is 0 Å². The van der Waals surface area contributed by atoms with E-state index in [1.54, 1.807) is 5.48 Å². The minimum Gasteiger partial charge on any atom is -0.289 e. The Bertz CT molecular complexity index is 484. The molecule has 2 rings (SSSR count). The largest absolute Gasteiger partial charge is 0.289 e. The second-order valence-electron chi connectivity index (χ2n) is 4.98. The lowest BCUT2D eigenvalue weighted by atomic mass is 9.90. The summed E-state index contributed by atoms with van der Waals surface area (Å²) in [6.45, 7) is 0. The van der Waals surface area contributed by atoms with E-state index in [1.165, 1.54) is 11.1 Å². The van der Waals surface area contributed by atoms with E-state index in [0.717, 1.165) is 12.8 Å². The number of carbonyl (C=O) groups is 1. The molecule has 0 unspecified atom stereocenters. The van der Waals surface area contributed by atoms with Crippen LogP contribution < -0.4 is 5.48 Å². The molecule has 0 spiro atoms. The van der Waals surface area contributed by atoms with Gasteiger partial charge in [0, 0.05) is 6.42 Å². The van der Waals surface area contributed by atoms with Crippen LogP contribution in [-0.4, -0.2) is 11.1 Å². The van der Waals surface area contributed by atoms with Crippen LogP contribution >= 0.6 is 0 Å². The van der Waals surface area contributed by atoms with Crippen LogP contribution in [0.3, 0.4) is 0 Å². The average molecular weight is 269 g/mol. The van der Waals surface area contributed by atoms with Gasteiger partial charge in [-0.1, -0.05) is 60.7 Å². The van der Waals surface area contributed by atoms with Gasteiger partial charge in [0.05, 0.1) is 0 Å². The predicted molar refractivity (Wildman–Crippen MR) is 78.3 cm³/mol. The summed E-state index contributed by atoms with van der Waals surface area (Å²) in [6.07, 6.45) is 1.96. The summed E-state index contributed by atoms with van der Waals surface area (Å²) in [5.74, 6) is -0.159. The van der Waals surface area contributed by atoms with Gasteiger partial charge in [-0.05, 0) is 29.9 Å². The Labute approximate surface area is 119 Å². The van der Waals surface area contributed by atoms with E-state index in [2.05, 4.69) is 24.3 Å². The van der Waals surface area contributed by atoms with Gasteiger partial charge in [-0.2, -0.15) is 0 Å². The summed E-state index contributed by atoms with van der Waals surface area (Å²) in [4.78, 5) is 11.4. The highest BCUT2D eigenvalue weighted by molar-refractivity contribution is 5.74. The molecule has 2 aromatic rings. The molecule has 3 heteroatoms. The summed E-state index contributed by atoms with van der Waals surface area (Å²) < 4.78 is 0. The first-order valence-corrected chi connectivity index (χ1v) is 6.78. The molecule has 1 amide bonds. The number of hydrogen-bond acceptors (Lipinski definition) is 2. The molecule has 20 heavy (non-hydrogen) atoms. The maximum Gasteiger partial charge on any atom is 0.243 e. The lowest BCUT2D eigenvalue weighted by molar-refractivity contribution is -0.130. The lowest BCUT2D eigenvalue weighted by Gasteiger charge is -2.16. The molecule has 0 radical (unpaired) electrons. The van der Waals surface area contributed by atoms with E-state index in [-0.39, 0.29) is 11.8 Å². The summed E-state index contributed by atoms with van der Waals surface area (Å²) in [7, 11) is 0. The van der Waals surface area contributed by atoms with E-state index in [0.29, 0.717) is 6.42 Å². The van der Waals surface area contributed by atoms with Gasteiger partial charge < -0.3 is 0 Å². The highest BCUT2D eigenvalue weighted by Gasteiger charge is 2.15. The van der Waals surface area contributed by atoms with Crippen LogP contribution in [0.1, 0.15) is 17.5 Å². The van der Waals surface area contributed by atoms with Crippen molar-refractivity contribution in [1.82, 2.24) is 5.48 Å². The van der Waals surface area contributed by atoms with Crippen molar-refractivity contribution in [3.05, 3.63) is 71.8 Å². The van der Waals surface area contributed by atoms with E-state index in [1.807, 2.05) is 36.4 Å². The smallest absolute Gasteiger partial charge is 0.243 e. The highest BCUT2D eigenvalue weighted by atomic mass is 16.5. The van der Waals surface area contributed by atoms with E-state index < -0.39 is 0 Å². The number of carbonyl (C=O) groups excluding carboxylic acids is 1. The molecule has 0 heterocycles. The third-order valence-corrected chi connectivity index (χ3v) is 3.33. The second-order valence-corrected chi connectivity index (χ2v) is 4.98. The monoisotopic (exact) mass is 269 g/mol. The number of nitrogens with one attached hydrogen (secondary N) is 1. The molecule has 3 nitrogen and oxygen atoms in total. The van der Waals surface area contributed by atoms with Gasteiger partial charge in [-0.15, -0.1) is 0 Å². The Hall–Kier alpha value is -2.13. The Morgan fingerprint density at radius 1 is 0.900 bits per heavy atom. The fourth-order valence-corrected chi connectivity index (χ4v) is 2.42. The Balaban J connectivity index is 2.06. The highest BCUT2D eigenvalue weighted by Crippen LogP contribution is 2.18. The van der Waals surface area contributed by atoms with Gasteiger partial charge in [-0.25, -0.2) is 5.48 Å².